The van der Waals surface area contributed by atoms with Crippen molar-refractivity contribution in [1.82, 2.24) is 40.0 Å². The summed E-state index contributed by atoms with van der Waals surface area (Å²) in [4.78, 5) is 36.2. The number of anilines is 1. The second kappa shape index (κ2) is 14.5. The molecule has 1 aromatic carbocycles. The van der Waals surface area contributed by atoms with E-state index in [0.29, 0.717) is 48.5 Å². The number of pyridine rings is 1. The SMILES string of the molecule is Cn1cc(-c2ccc(C(C(=O)NCc3ccccc3)[C@H]3CC[C@H](Cc4ncc(C#N)c(NCc5ncccn5)n4)CC3)nc2)cn1. The summed E-state index contributed by atoms with van der Waals surface area (Å²) in [5.74, 6) is 2.00. The molecule has 0 spiro atoms. The molecule has 1 aliphatic rings. The van der Waals surface area contributed by atoms with Gasteiger partial charge in [0, 0.05) is 55.9 Å². The molecule has 0 bridgehead atoms. The third kappa shape index (κ3) is 7.58. The highest BCUT2D eigenvalue weighted by Crippen LogP contribution is 2.39. The number of nitrogens with one attached hydrogen (secondary N) is 2. The van der Waals surface area contributed by atoms with Crippen LogP contribution in [0.15, 0.2) is 85.7 Å². The molecule has 46 heavy (non-hydrogen) atoms. The molecule has 6 rings (SSSR count). The molecule has 11 heteroatoms. The first-order valence-electron chi connectivity index (χ1n) is 15.6. The van der Waals surface area contributed by atoms with Crippen LogP contribution in [-0.4, -0.2) is 40.6 Å². The maximum absolute atomic E-state index is 13.8. The van der Waals surface area contributed by atoms with Gasteiger partial charge in [-0.1, -0.05) is 36.4 Å². The Hall–Kier alpha value is -5.50. The molecular weight excluding hydrogens is 576 g/mol. The van der Waals surface area contributed by atoms with Crippen LogP contribution in [0.25, 0.3) is 11.1 Å². The molecule has 4 heterocycles. The number of nitrogens with zero attached hydrogens (tertiary/aromatic N) is 8. The molecule has 11 nitrogen and oxygen atoms in total. The Bertz CT molecular complexity index is 1780. The maximum atomic E-state index is 13.8. The lowest BCUT2D eigenvalue weighted by atomic mass is 9.73. The zero-order chi connectivity index (χ0) is 31.7. The Morgan fingerprint density at radius 2 is 1.72 bits per heavy atom. The normalized spacial score (nSPS) is 16.7. The first kappa shape index (κ1) is 30.5. The van der Waals surface area contributed by atoms with Crippen LogP contribution < -0.4 is 10.6 Å². The van der Waals surface area contributed by atoms with E-state index >= 15 is 0 Å². The molecule has 5 aromatic rings. The van der Waals surface area contributed by atoms with Crippen molar-refractivity contribution in [2.24, 2.45) is 18.9 Å². The molecule has 4 aromatic heterocycles. The summed E-state index contributed by atoms with van der Waals surface area (Å²) >= 11 is 0. The molecule has 1 amide bonds. The smallest absolute Gasteiger partial charge is 0.229 e. The Morgan fingerprint density at radius 3 is 2.41 bits per heavy atom. The third-order valence-corrected chi connectivity index (χ3v) is 8.56. The van der Waals surface area contributed by atoms with Crippen LogP contribution in [0.1, 0.15) is 60.1 Å². The summed E-state index contributed by atoms with van der Waals surface area (Å²) in [5, 5.41) is 20.2. The first-order valence-corrected chi connectivity index (χ1v) is 15.6. The highest BCUT2D eigenvalue weighted by Gasteiger charge is 2.34. The number of carbonyl (C=O) groups excluding carboxylic acids is 1. The summed E-state index contributed by atoms with van der Waals surface area (Å²) in [6, 6.07) is 17.9. The van der Waals surface area contributed by atoms with Crippen LogP contribution in [0, 0.1) is 23.2 Å². The molecule has 1 aliphatic carbocycles. The van der Waals surface area contributed by atoms with E-state index in [1.807, 2.05) is 68.1 Å². The molecule has 232 valence electrons. The third-order valence-electron chi connectivity index (χ3n) is 8.56. The monoisotopic (exact) mass is 612 g/mol. The average Bonchev–Trinajstić information content (AvgIpc) is 3.54. The fraction of sp³-hybridized carbons (Fsp3) is 0.314. The number of rotatable bonds is 11. The maximum Gasteiger partial charge on any atom is 0.229 e. The first-order chi connectivity index (χ1) is 22.6. The highest BCUT2D eigenvalue weighted by atomic mass is 16.1. The predicted molar refractivity (Wildman–Crippen MR) is 173 cm³/mol. The Balaban J connectivity index is 1.13. The molecule has 1 atom stereocenters. The largest absolute Gasteiger partial charge is 0.362 e. The lowest BCUT2D eigenvalue weighted by Gasteiger charge is -2.33. The Morgan fingerprint density at radius 1 is 0.913 bits per heavy atom. The van der Waals surface area contributed by atoms with Crippen molar-refractivity contribution in [3.8, 4) is 17.2 Å². The van der Waals surface area contributed by atoms with Crippen molar-refractivity contribution in [2.45, 2.75) is 51.1 Å². The van der Waals surface area contributed by atoms with Gasteiger partial charge in [-0.2, -0.15) is 10.4 Å². The van der Waals surface area contributed by atoms with Gasteiger partial charge in [-0.15, -0.1) is 0 Å². The van der Waals surface area contributed by atoms with E-state index in [2.05, 4.69) is 36.8 Å². The van der Waals surface area contributed by atoms with E-state index < -0.39 is 0 Å². The van der Waals surface area contributed by atoms with Crippen LogP contribution in [0.4, 0.5) is 5.82 Å². The zero-order valence-corrected chi connectivity index (χ0v) is 25.8. The highest BCUT2D eigenvalue weighted by molar-refractivity contribution is 5.83. The lowest BCUT2D eigenvalue weighted by Crippen LogP contribution is -2.35. The number of aryl methyl sites for hydroxylation is 1. The molecule has 2 N–H and O–H groups in total. The fourth-order valence-corrected chi connectivity index (χ4v) is 6.12. The van der Waals surface area contributed by atoms with Crippen LogP contribution >= 0.6 is 0 Å². The number of hydrogen-bond acceptors (Lipinski definition) is 9. The second-order valence-electron chi connectivity index (χ2n) is 11.7. The molecule has 1 unspecified atom stereocenters. The van der Waals surface area contributed by atoms with E-state index in [4.69, 9.17) is 9.97 Å². The van der Waals surface area contributed by atoms with Crippen molar-refractivity contribution in [2.75, 3.05) is 5.32 Å². The minimum absolute atomic E-state index is 0.00229. The van der Waals surface area contributed by atoms with E-state index in [1.165, 1.54) is 0 Å². The summed E-state index contributed by atoms with van der Waals surface area (Å²) < 4.78 is 1.77. The van der Waals surface area contributed by atoms with Gasteiger partial charge in [0.15, 0.2) is 0 Å². The molecule has 1 fully saturated rings. The van der Waals surface area contributed by atoms with Crippen LogP contribution in [-0.2, 0) is 31.4 Å². The van der Waals surface area contributed by atoms with Gasteiger partial charge in [0.05, 0.1) is 30.6 Å². The van der Waals surface area contributed by atoms with Crippen molar-refractivity contribution in [3.63, 3.8) is 0 Å². The van der Waals surface area contributed by atoms with Gasteiger partial charge in [0.25, 0.3) is 0 Å². The van der Waals surface area contributed by atoms with Gasteiger partial charge in [-0.25, -0.2) is 19.9 Å². The van der Waals surface area contributed by atoms with Gasteiger partial charge >= 0.3 is 0 Å². The van der Waals surface area contributed by atoms with Gasteiger partial charge in [0.1, 0.15) is 29.1 Å². The number of aromatic nitrogens is 7. The van der Waals surface area contributed by atoms with Crippen molar-refractivity contribution < 1.29 is 4.79 Å². The number of nitriles is 1. The predicted octanol–water partition coefficient (Wildman–Crippen LogP) is 4.99. The van der Waals surface area contributed by atoms with Crippen LogP contribution in [0.3, 0.4) is 0 Å². The minimum atomic E-state index is -0.352. The molecule has 0 saturated heterocycles. The minimum Gasteiger partial charge on any atom is -0.362 e. The molecule has 1 saturated carbocycles. The molecule has 0 aliphatic heterocycles. The quantitative estimate of drug-likeness (QED) is 0.210. The fourth-order valence-electron chi connectivity index (χ4n) is 6.12. The summed E-state index contributed by atoms with van der Waals surface area (Å²) in [7, 11) is 1.89. The van der Waals surface area contributed by atoms with E-state index in [-0.39, 0.29) is 17.7 Å². The summed E-state index contributed by atoms with van der Waals surface area (Å²) in [5.41, 5.74) is 4.19. The van der Waals surface area contributed by atoms with Crippen molar-refractivity contribution in [3.05, 3.63) is 114 Å². The zero-order valence-electron chi connectivity index (χ0n) is 25.8. The van der Waals surface area contributed by atoms with Crippen molar-refractivity contribution in [1.29, 1.82) is 5.26 Å². The standard InChI is InChI=1S/C35H36N10O/c1-45-23-29(21-43-45)27-12-13-30(39-19-27)33(35(46)42-18-25-6-3-2-4-7-25)26-10-8-24(9-11-26)16-31-40-20-28(17-36)34(44-31)41-22-32-37-14-5-15-38-32/h2-7,12-15,19-21,23-24,26,33H,8-11,16,18,22H2,1H3,(H,42,46)(H,40,41,44)/t24-,26-,33?. The number of carbonyl (C=O) groups is 1. The van der Waals surface area contributed by atoms with E-state index in [9.17, 15) is 10.1 Å². The summed E-state index contributed by atoms with van der Waals surface area (Å²) in [6.07, 6.45) is 15.0. The average molecular weight is 613 g/mol. The van der Waals surface area contributed by atoms with Gasteiger partial charge in [-0.3, -0.25) is 14.5 Å². The molecular formula is C35H36N10O. The van der Waals surface area contributed by atoms with Crippen LogP contribution in [0.5, 0.6) is 0 Å². The van der Waals surface area contributed by atoms with Crippen LogP contribution in [0.2, 0.25) is 0 Å². The number of benzene rings is 1. The van der Waals surface area contributed by atoms with Gasteiger partial charge < -0.3 is 10.6 Å². The van der Waals surface area contributed by atoms with Gasteiger partial charge in [0.2, 0.25) is 5.91 Å². The van der Waals surface area contributed by atoms with E-state index in [1.54, 1.807) is 29.3 Å². The number of hydrogen-bond donors (Lipinski definition) is 2. The van der Waals surface area contributed by atoms with Crippen molar-refractivity contribution >= 4 is 11.7 Å². The summed E-state index contributed by atoms with van der Waals surface area (Å²) in [6.45, 7) is 0.837. The second-order valence-corrected chi connectivity index (χ2v) is 11.7. The van der Waals surface area contributed by atoms with E-state index in [0.717, 1.165) is 48.1 Å². The Kier molecular flexibility index (Phi) is 9.63. The molecule has 0 radical (unpaired) electrons. The lowest BCUT2D eigenvalue weighted by molar-refractivity contribution is -0.124. The topological polar surface area (TPSA) is 147 Å². The number of amides is 1. The Labute approximate surface area is 268 Å². The van der Waals surface area contributed by atoms with Gasteiger partial charge in [-0.05, 0) is 55.2 Å².